The van der Waals surface area contributed by atoms with Crippen LogP contribution in [0.3, 0.4) is 0 Å². The van der Waals surface area contributed by atoms with E-state index >= 15 is 0 Å². The van der Waals surface area contributed by atoms with Crippen molar-refractivity contribution >= 4 is 17.4 Å². The summed E-state index contributed by atoms with van der Waals surface area (Å²) in [4.78, 5) is 13.8. The van der Waals surface area contributed by atoms with Gasteiger partial charge in [0.2, 0.25) is 0 Å². The Morgan fingerprint density at radius 2 is 2.40 bits per heavy atom. The zero-order chi connectivity index (χ0) is 11.4. The highest BCUT2D eigenvalue weighted by Crippen LogP contribution is 2.14. The molecule has 0 spiro atoms. The molecule has 0 saturated heterocycles. The van der Waals surface area contributed by atoms with E-state index < -0.39 is 6.04 Å². The first-order valence-corrected chi connectivity index (χ1v) is 5.37. The third-order valence-corrected chi connectivity index (χ3v) is 2.93. The first kappa shape index (κ1) is 11.6. The van der Waals surface area contributed by atoms with Crippen LogP contribution in [0.25, 0.3) is 0 Å². The second-order valence-corrected chi connectivity index (χ2v) is 3.88. The maximum Gasteiger partial charge on any atom is 0.268 e. The quantitative estimate of drug-likeness (QED) is 0.770. The molecular formula is C9H12N4OS. The fourth-order valence-electron chi connectivity index (χ4n) is 1.03. The highest BCUT2D eigenvalue weighted by atomic mass is 32.1. The minimum absolute atomic E-state index is 0.184. The number of carbonyl (C=O) groups excluding carboxylic acids is 1. The predicted molar refractivity (Wildman–Crippen MR) is 56.5 cm³/mol. The van der Waals surface area contributed by atoms with Crippen molar-refractivity contribution in [2.24, 2.45) is 0 Å². The molecule has 0 bridgehead atoms. The lowest BCUT2D eigenvalue weighted by molar-refractivity contribution is 0.0776. The summed E-state index contributed by atoms with van der Waals surface area (Å²) in [6, 6.07) is 1.57. The summed E-state index contributed by atoms with van der Waals surface area (Å²) in [7, 11) is 1.61. The van der Waals surface area contributed by atoms with Gasteiger partial charge in [-0.05, 0) is 24.9 Å². The minimum Gasteiger partial charge on any atom is -0.325 e. The molecule has 5 nitrogen and oxygen atoms in total. The molecule has 0 aliphatic carbocycles. The molecule has 0 aliphatic rings. The molecule has 0 aromatic carbocycles. The smallest absolute Gasteiger partial charge is 0.268 e. The van der Waals surface area contributed by atoms with Crippen molar-refractivity contribution < 1.29 is 4.79 Å². The molecule has 0 radical (unpaired) electrons. The van der Waals surface area contributed by atoms with E-state index in [9.17, 15) is 4.79 Å². The van der Waals surface area contributed by atoms with Gasteiger partial charge in [-0.2, -0.15) is 5.26 Å². The maximum atomic E-state index is 11.9. The SMILES string of the molecule is CCc1nnsc1C(=O)N(C)C(C)C#N. The van der Waals surface area contributed by atoms with Gasteiger partial charge in [-0.25, -0.2) is 0 Å². The number of nitriles is 1. The van der Waals surface area contributed by atoms with E-state index in [1.807, 2.05) is 13.0 Å². The molecule has 1 amide bonds. The van der Waals surface area contributed by atoms with E-state index in [1.165, 1.54) is 4.90 Å². The molecule has 1 aromatic heterocycles. The van der Waals surface area contributed by atoms with Gasteiger partial charge in [-0.1, -0.05) is 11.4 Å². The van der Waals surface area contributed by atoms with Gasteiger partial charge in [0.1, 0.15) is 10.9 Å². The molecule has 0 saturated carbocycles. The van der Waals surface area contributed by atoms with Crippen molar-refractivity contribution in [3.63, 3.8) is 0 Å². The summed E-state index contributed by atoms with van der Waals surface area (Å²) in [5.74, 6) is -0.184. The third kappa shape index (κ3) is 2.30. The minimum atomic E-state index is -0.440. The van der Waals surface area contributed by atoms with Gasteiger partial charge in [0.25, 0.3) is 5.91 Å². The average molecular weight is 224 g/mol. The number of amides is 1. The van der Waals surface area contributed by atoms with Gasteiger partial charge in [0.05, 0.1) is 11.8 Å². The Morgan fingerprint density at radius 3 is 2.93 bits per heavy atom. The number of aromatic nitrogens is 2. The number of hydrogen-bond acceptors (Lipinski definition) is 5. The maximum absolute atomic E-state index is 11.9. The van der Waals surface area contributed by atoms with Gasteiger partial charge in [0, 0.05) is 7.05 Å². The molecule has 0 fully saturated rings. The summed E-state index contributed by atoms with van der Waals surface area (Å²) >= 11 is 1.08. The number of nitrogens with zero attached hydrogens (tertiary/aromatic N) is 4. The second-order valence-electron chi connectivity index (χ2n) is 3.12. The van der Waals surface area contributed by atoms with Gasteiger partial charge in [-0.15, -0.1) is 5.10 Å². The molecule has 1 unspecified atom stereocenters. The average Bonchev–Trinajstić information content (AvgIpc) is 2.73. The van der Waals surface area contributed by atoms with Gasteiger partial charge < -0.3 is 4.90 Å². The van der Waals surface area contributed by atoms with Gasteiger partial charge in [-0.3, -0.25) is 4.79 Å². The van der Waals surface area contributed by atoms with Gasteiger partial charge in [0.15, 0.2) is 0 Å². The molecule has 80 valence electrons. The highest BCUT2D eigenvalue weighted by molar-refractivity contribution is 7.08. The Hall–Kier alpha value is -1.48. The number of hydrogen-bond donors (Lipinski definition) is 0. The van der Waals surface area contributed by atoms with Crippen LogP contribution in [0.2, 0.25) is 0 Å². The van der Waals surface area contributed by atoms with Crippen molar-refractivity contribution in [1.29, 1.82) is 5.26 Å². The molecule has 0 N–H and O–H groups in total. The topological polar surface area (TPSA) is 69.9 Å². The van der Waals surface area contributed by atoms with Crippen LogP contribution >= 0.6 is 11.5 Å². The lowest BCUT2D eigenvalue weighted by atomic mass is 10.2. The second kappa shape index (κ2) is 4.84. The fourth-order valence-corrected chi connectivity index (χ4v) is 1.76. The Bertz CT molecular complexity index is 395. The molecule has 6 heteroatoms. The van der Waals surface area contributed by atoms with E-state index in [0.717, 1.165) is 11.5 Å². The Morgan fingerprint density at radius 1 is 1.73 bits per heavy atom. The van der Waals surface area contributed by atoms with Crippen molar-refractivity contribution in [1.82, 2.24) is 14.5 Å². The van der Waals surface area contributed by atoms with Crippen molar-refractivity contribution in [3.05, 3.63) is 10.6 Å². The molecule has 0 aliphatic heterocycles. The third-order valence-electron chi connectivity index (χ3n) is 2.17. The van der Waals surface area contributed by atoms with Crippen molar-refractivity contribution in [2.75, 3.05) is 7.05 Å². The van der Waals surface area contributed by atoms with E-state index in [0.29, 0.717) is 17.0 Å². The lowest BCUT2D eigenvalue weighted by Crippen LogP contribution is -2.34. The van der Waals surface area contributed by atoms with Crippen molar-refractivity contribution in [2.45, 2.75) is 26.3 Å². The van der Waals surface area contributed by atoms with Crippen LogP contribution in [0, 0.1) is 11.3 Å². The van der Waals surface area contributed by atoms with Crippen LogP contribution in [-0.4, -0.2) is 33.5 Å². The Labute approximate surface area is 92.5 Å². The molecule has 1 aromatic rings. The molecule has 1 heterocycles. The van der Waals surface area contributed by atoms with Crippen LogP contribution in [0.1, 0.15) is 29.2 Å². The molecular weight excluding hydrogens is 212 g/mol. The first-order valence-electron chi connectivity index (χ1n) is 4.59. The highest BCUT2D eigenvalue weighted by Gasteiger charge is 2.22. The van der Waals surface area contributed by atoms with E-state index in [1.54, 1.807) is 14.0 Å². The monoisotopic (exact) mass is 224 g/mol. The summed E-state index contributed by atoms with van der Waals surface area (Å²) in [5, 5.41) is 12.6. The zero-order valence-electron chi connectivity index (χ0n) is 8.89. The number of aryl methyl sites for hydroxylation is 1. The van der Waals surface area contributed by atoms with E-state index in [-0.39, 0.29) is 5.91 Å². The first-order chi connectivity index (χ1) is 7.11. The van der Waals surface area contributed by atoms with Crippen LogP contribution in [0.5, 0.6) is 0 Å². The molecule has 15 heavy (non-hydrogen) atoms. The summed E-state index contributed by atoms with van der Waals surface area (Å²) in [5.41, 5.74) is 0.696. The van der Waals surface area contributed by atoms with Gasteiger partial charge >= 0.3 is 0 Å². The van der Waals surface area contributed by atoms with Crippen LogP contribution in [0.15, 0.2) is 0 Å². The predicted octanol–water partition coefficient (Wildman–Crippen LogP) is 1.08. The zero-order valence-corrected chi connectivity index (χ0v) is 9.71. The Balaban J connectivity index is 2.91. The van der Waals surface area contributed by atoms with Crippen molar-refractivity contribution in [3.8, 4) is 6.07 Å². The largest absolute Gasteiger partial charge is 0.325 e. The number of rotatable bonds is 3. The summed E-state index contributed by atoms with van der Waals surface area (Å²) < 4.78 is 3.74. The lowest BCUT2D eigenvalue weighted by Gasteiger charge is -2.18. The Kier molecular flexibility index (Phi) is 3.74. The van der Waals surface area contributed by atoms with Crippen LogP contribution < -0.4 is 0 Å². The summed E-state index contributed by atoms with van der Waals surface area (Å²) in [6.45, 7) is 3.60. The summed E-state index contributed by atoms with van der Waals surface area (Å²) in [6.07, 6.45) is 0.673. The van der Waals surface area contributed by atoms with Crippen LogP contribution in [0.4, 0.5) is 0 Å². The van der Waals surface area contributed by atoms with E-state index in [4.69, 9.17) is 5.26 Å². The standard InChI is InChI=1S/C9H12N4OS/c1-4-7-8(15-12-11-7)9(14)13(3)6(2)5-10/h6H,4H2,1-3H3. The molecule has 1 rings (SSSR count). The number of carbonyl (C=O) groups is 1. The molecule has 1 atom stereocenters. The van der Waals surface area contributed by atoms with Crippen LogP contribution in [-0.2, 0) is 6.42 Å². The van der Waals surface area contributed by atoms with E-state index in [2.05, 4.69) is 9.59 Å². The fraction of sp³-hybridized carbons (Fsp3) is 0.556. The normalized spacial score (nSPS) is 11.9.